The number of hydrogen-bond acceptors (Lipinski definition) is 5. The first-order chi connectivity index (χ1) is 11.2. The molecule has 6 nitrogen and oxygen atoms in total. The molecule has 0 bridgehead atoms. The molecule has 2 aliphatic heterocycles. The lowest BCUT2D eigenvalue weighted by atomic mass is 9.83. The average Bonchev–Trinajstić information content (AvgIpc) is 3.39. The highest BCUT2D eigenvalue weighted by Crippen LogP contribution is 2.40. The van der Waals surface area contributed by atoms with Crippen molar-refractivity contribution in [2.24, 2.45) is 5.92 Å². The number of nitrogens with one attached hydrogen (secondary N) is 1. The first-order valence-electron chi connectivity index (χ1n) is 8.43. The number of fused-ring (bicyclic) bond motifs is 1. The van der Waals surface area contributed by atoms with E-state index in [4.69, 9.17) is 11.6 Å². The lowest BCUT2D eigenvalue weighted by Crippen LogP contribution is -2.57. The van der Waals surface area contributed by atoms with Crippen molar-refractivity contribution in [3.63, 3.8) is 0 Å². The zero-order chi connectivity index (χ0) is 16.0. The van der Waals surface area contributed by atoms with E-state index >= 15 is 0 Å². The first-order valence-corrected chi connectivity index (χ1v) is 8.81. The molecule has 0 aromatic carbocycles. The zero-order valence-electron chi connectivity index (χ0n) is 13.3. The summed E-state index contributed by atoms with van der Waals surface area (Å²) in [6.45, 7) is 1.84. The third-order valence-electron chi connectivity index (χ3n) is 5.34. The molecule has 124 valence electrons. The summed E-state index contributed by atoms with van der Waals surface area (Å²) < 4.78 is 0. The summed E-state index contributed by atoms with van der Waals surface area (Å²) in [6, 6.07) is 0.929. The molecule has 2 saturated heterocycles. The van der Waals surface area contributed by atoms with Crippen LogP contribution in [0, 0.1) is 5.92 Å². The van der Waals surface area contributed by atoms with Gasteiger partial charge in [-0.2, -0.15) is 0 Å². The molecule has 1 aromatic rings. The van der Waals surface area contributed by atoms with Gasteiger partial charge in [-0.25, -0.2) is 9.97 Å². The number of carbonyl (C=O) groups excluding carboxylic acids is 1. The molecule has 1 amide bonds. The lowest BCUT2D eigenvalue weighted by Gasteiger charge is -2.47. The second-order valence-corrected chi connectivity index (χ2v) is 7.10. The molecule has 3 aliphatic rings. The van der Waals surface area contributed by atoms with Crippen molar-refractivity contribution in [2.75, 3.05) is 30.4 Å². The van der Waals surface area contributed by atoms with E-state index in [1.165, 1.54) is 19.2 Å². The Hall–Kier alpha value is -1.56. The molecule has 0 radical (unpaired) electrons. The summed E-state index contributed by atoms with van der Waals surface area (Å²) in [4.78, 5) is 25.3. The number of aromatic nitrogens is 2. The Labute approximate surface area is 141 Å². The molecule has 2 atom stereocenters. The topological polar surface area (TPSA) is 61.4 Å². The number of hydrogen-bond donors (Lipinski definition) is 1. The van der Waals surface area contributed by atoms with Crippen LogP contribution in [0.5, 0.6) is 0 Å². The van der Waals surface area contributed by atoms with E-state index in [1.54, 1.807) is 0 Å². The van der Waals surface area contributed by atoms with Crippen LogP contribution in [0.1, 0.15) is 32.1 Å². The predicted molar refractivity (Wildman–Crippen MR) is 89.8 cm³/mol. The molecule has 0 spiro atoms. The number of carbonyl (C=O) groups is 1. The fourth-order valence-corrected chi connectivity index (χ4v) is 4.35. The van der Waals surface area contributed by atoms with Gasteiger partial charge in [0.2, 0.25) is 5.91 Å². The Balaban J connectivity index is 1.55. The second kappa shape index (κ2) is 5.82. The Bertz CT molecular complexity index is 620. The van der Waals surface area contributed by atoms with Gasteiger partial charge in [0.15, 0.2) is 11.0 Å². The van der Waals surface area contributed by atoms with Gasteiger partial charge in [0.05, 0.1) is 0 Å². The van der Waals surface area contributed by atoms with Crippen LogP contribution in [0.4, 0.5) is 11.5 Å². The lowest BCUT2D eigenvalue weighted by molar-refractivity contribution is -0.140. The predicted octanol–water partition coefficient (Wildman–Crippen LogP) is 2.15. The molecule has 4 rings (SSSR count). The van der Waals surface area contributed by atoms with Gasteiger partial charge in [0, 0.05) is 38.6 Å². The number of halogens is 1. The SMILES string of the molecule is CNc1c(Cl)ncnc1N1CCC2C(CCC(=O)N2C2CC2)C1. The van der Waals surface area contributed by atoms with Crippen LogP contribution in [0.2, 0.25) is 5.15 Å². The van der Waals surface area contributed by atoms with Crippen molar-refractivity contribution in [3.8, 4) is 0 Å². The number of piperidine rings is 2. The van der Waals surface area contributed by atoms with E-state index in [2.05, 4.69) is 25.1 Å². The van der Waals surface area contributed by atoms with Gasteiger partial charge < -0.3 is 15.1 Å². The van der Waals surface area contributed by atoms with Gasteiger partial charge in [-0.15, -0.1) is 0 Å². The summed E-state index contributed by atoms with van der Waals surface area (Å²) in [5.74, 6) is 1.77. The summed E-state index contributed by atoms with van der Waals surface area (Å²) in [5, 5.41) is 3.57. The maximum atomic E-state index is 12.3. The fourth-order valence-electron chi connectivity index (χ4n) is 4.12. The third kappa shape index (κ3) is 2.63. The zero-order valence-corrected chi connectivity index (χ0v) is 14.1. The van der Waals surface area contributed by atoms with E-state index in [0.717, 1.165) is 37.4 Å². The van der Waals surface area contributed by atoms with Crippen molar-refractivity contribution in [1.82, 2.24) is 14.9 Å². The maximum Gasteiger partial charge on any atom is 0.223 e. The second-order valence-electron chi connectivity index (χ2n) is 6.75. The van der Waals surface area contributed by atoms with Gasteiger partial charge >= 0.3 is 0 Å². The highest BCUT2D eigenvalue weighted by molar-refractivity contribution is 6.32. The first kappa shape index (κ1) is 15.0. The van der Waals surface area contributed by atoms with E-state index < -0.39 is 0 Å². The van der Waals surface area contributed by atoms with Crippen LogP contribution in [0.3, 0.4) is 0 Å². The summed E-state index contributed by atoms with van der Waals surface area (Å²) in [7, 11) is 1.84. The maximum absolute atomic E-state index is 12.3. The summed E-state index contributed by atoms with van der Waals surface area (Å²) in [5.41, 5.74) is 0.790. The Morgan fingerprint density at radius 3 is 2.83 bits per heavy atom. The molecule has 1 aromatic heterocycles. The van der Waals surface area contributed by atoms with Crippen LogP contribution in [-0.2, 0) is 4.79 Å². The van der Waals surface area contributed by atoms with Crippen molar-refractivity contribution < 1.29 is 4.79 Å². The van der Waals surface area contributed by atoms with Gasteiger partial charge in [0.1, 0.15) is 12.0 Å². The van der Waals surface area contributed by atoms with E-state index in [1.807, 2.05) is 7.05 Å². The van der Waals surface area contributed by atoms with Gasteiger partial charge in [-0.05, 0) is 31.6 Å². The van der Waals surface area contributed by atoms with Crippen molar-refractivity contribution >= 4 is 29.0 Å². The highest BCUT2D eigenvalue weighted by atomic mass is 35.5. The Morgan fingerprint density at radius 1 is 1.26 bits per heavy atom. The fraction of sp³-hybridized carbons (Fsp3) is 0.688. The van der Waals surface area contributed by atoms with Crippen molar-refractivity contribution in [3.05, 3.63) is 11.5 Å². The molecule has 1 N–H and O–H groups in total. The molecule has 23 heavy (non-hydrogen) atoms. The molecule has 3 fully saturated rings. The van der Waals surface area contributed by atoms with Crippen LogP contribution < -0.4 is 10.2 Å². The Morgan fingerprint density at radius 2 is 2.09 bits per heavy atom. The number of amides is 1. The van der Waals surface area contributed by atoms with Crippen molar-refractivity contribution in [2.45, 2.75) is 44.2 Å². The van der Waals surface area contributed by atoms with Crippen molar-refractivity contribution in [1.29, 1.82) is 0 Å². The van der Waals surface area contributed by atoms with Crippen LogP contribution in [0.25, 0.3) is 0 Å². The summed E-state index contributed by atoms with van der Waals surface area (Å²) in [6.07, 6.45) is 6.57. The summed E-state index contributed by atoms with van der Waals surface area (Å²) >= 11 is 6.19. The standard InChI is InChI=1S/C16H22ClN5O/c1-18-14-15(17)19-9-20-16(14)21-7-6-12-10(8-21)2-5-13(23)22(12)11-3-4-11/h9-12,18H,2-8H2,1H3. The van der Waals surface area contributed by atoms with E-state index in [9.17, 15) is 4.79 Å². The minimum atomic E-state index is 0.364. The smallest absolute Gasteiger partial charge is 0.223 e. The van der Waals surface area contributed by atoms with E-state index in [-0.39, 0.29) is 0 Å². The molecule has 3 heterocycles. The number of nitrogens with zero attached hydrogens (tertiary/aromatic N) is 4. The molecule has 1 saturated carbocycles. The Kier molecular flexibility index (Phi) is 3.79. The molecular formula is C16H22ClN5O. The largest absolute Gasteiger partial charge is 0.383 e. The van der Waals surface area contributed by atoms with Crippen LogP contribution >= 0.6 is 11.6 Å². The molecular weight excluding hydrogens is 314 g/mol. The van der Waals surface area contributed by atoms with Gasteiger partial charge in [-0.1, -0.05) is 11.6 Å². The molecule has 2 unspecified atom stereocenters. The average molecular weight is 336 g/mol. The quantitative estimate of drug-likeness (QED) is 0.858. The van der Waals surface area contributed by atoms with Crippen LogP contribution in [0.15, 0.2) is 6.33 Å². The van der Waals surface area contributed by atoms with Gasteiger partial charge in [0.25, 0.3) is 0 Å². The highest BCUT2D eigenvalue weighted by Gasteiger charge is 2.45. The van der Waals surface area contributed by atoms with E-state index in [0.29, 0.717) is 35.5 Å². The van der Waals surface area contributed by atoms with Gasteiger partial charge in [-0.3, -0.25) is 4.79 Å². The minimum absolute atomic E-state index is 0.364. The third-order valence-corrected chi connectivity index (χ3v) is 5.63. The normalized spacial score (nSPS) is 27.8. The number of rotatable bonds is 3. The monoisotopic (exact) mass is 335 g/mol. The molecule has 7 heteroatoms. The minimum Gasteiger partial charge on any atom is -0.383 e. The molecule has 1 aliphatic carbocycles. The number of anilines is 2. The van der Waals surface area contributed by atoms with Crippen LogP contribution in [-0.4, -0.2) is 53.0 Å². The number of likely N-dealkylation sites (tertiary alicyclic amines) is 1.